The van der Waals surface area contributed by atoms with Crippen molar-refractivity contribution in [3.05, 3.63) is 66.5 Å². The number of H-pyrrole nitrogens is 1. The molecule has 0 saturated heterocycles. The first-order valence-electron chi connectivity index (χ1n) is 8.36. The van der Waals surface area contributed by atoms with Crippen LogP contribution in [-0.2, 0) is 0 Å². The van der Waals surface area contributed by atoms with E-state index in [4.69, 9.17) is 10.8 Å². The van der Waals surface area contributed by atoms with Crippen LogP contribution in [0.5, 0.6) is 0 Å². The summed E-state index contributed by atoms with van der Waals surface area (Å²) in [5.41, 5.74) is 13.3. The van der Waals surface area contributed by atoms with E-state index in [1.165, 1.54) is 0 Å². The Balaban J connectivity index is 1.83. The van der Waals surface area contributed by atoms with Crippen molar-refractivity contribution in [3.63, 3.8) is 0 Å². The number of nitrogens with zero attached hydrogens (tertiary/aromatic N) is 4. The van der Waals surface area contributed by atoms with Crippen molar-refractivity contribution in [3.8, 4) is 22.5 Å². The van der Waals surface area contributed by atoms with Gasteiger partial charge in [0, 0.05) is 17.5 Å². The van der Waals surface area contributed by atoms with Crippen molar-refractivity contribution in [2.24, 2.45) is 0 Å². The van der Waals surface area contributed by atoms with Crippen molar-refractivity contribution in [1.82, 2.24) is 24.6 Å². The molecule has 0 bridgehead atoms. The van der Waals surface area contributed by atoms with E-state index < -0.39 is 0 Å². The van der Waals surface area contributed by atoms with E-state index in [1.54, 1.807) is 0 Å². The van der Waals surface area contributed by atoms with E-state index in [0.29, 0.717) is 5.95 Å². The van der Waals surface area contributed by atoms with Gasteiger partial charge in [-0.3, -0.25) is 4.98 Å². The number of nitrogen functional groups attached to an aromatic ring is 1. The molecule has 6 nitrogen and oxygen atoms in total. The lowest BCUT2D eigenvalue weighted by Gasteiger charge is -2.04. The first kappa shape index (κ1) is 14.7. The first-order valence-corrected chi connectivity index (χ1v) is 8.36. The fraction of sp³-hybridized carbons (Fsp3) is 0.0500. The monoisotopic (exact) mass is 340 g/mol. The number of nitrogens with two attached hydrogens (primary N) is 1. The highest BCUT2D eigenvalue weighted by Crippen LogP contribution is 2.35. The van der Waals surface area contributed by atoms with Crippen LogP contribution in [0.1, 0.15) is 5.69 Å². The van der Waals surface area contributed by atoms with E-state index >= 15 is 0 Å². The Bertz CT molecular complexity index is 1260. The van der Waals surface area contributed by atoms with Gasteiger partial charge in [0.2, 0.25) is 0 Å². The lowest BCUT2D eigenvalue weighted by molar-refractivity contribution is 0.961. The molecular weight excluding hydrogens is 324 g/mol. The Labute approximate surface area is 149 Å². The standard InChI is InChI=1S/C20H16N6/c1-12-5-4-6-15(22-12)19-18(17-7-2-3-10-26(17)25-19)13-8-9-14-16(11-13)24-20(21)23-14/h2-11H,1H3,(H3,21,23,24). The molecule has 0 unspecified atom stereocenters. The number of pyridine rings is 2. The highest BCUT2D eigenvalue weighted by atomic mass is 15.2. The van der Waals surface area contributed by atoms with Gasteiger partial charge in [-0.2, -0.15) is 5.10 Å². The number of benzene rings is 1. The van der Waals surface area contributed by atoms with E-state index in [0.717, 1.165) is 44.8 Å². The van der Waals surface area contributed by atoms with Crippen LogP contribution in [0.25, 0.3) is 39.1 Å². The van der Waals surface area contributed by atoms with E-state index in [-0.39, 0.29) is 0 Å². The van der Waals surface area contributed by atoms with Crippen molar-refractivity contribution in [2.45, 2.75) is 6.92 Å². The zero-order valence-corrected chi connectivity index (χ0v) is 14.1. The number of nitrogens with one attached hydrogen (secondary N) is 1. The number of aromatic nitrogens is 5. The smallest absolute Gasteiger partial charge is 0.198 e. The number of fused-ring (bicyclic) bond motifs is 2. The summed E-state index contributed by atoms with van der Waals surface area (Å²) in [5.74, 6) is 0.414. The van der Waals surface area contributed by atoms with E-state index in [1.807, 2.05) is 60.1 Å². The summed E-state index contributed by atoms with van der Waals surface area (Å²) in [5, 5.41) is 4.79. The molecule has 0 aliphatic carbocycles. The number of anilines is 1. The highest BCUT2D eigenvalue weighted by Gasteiger charge is 2.18. The predicted molar refractivity (Wildman–Crippen MR) is 103 cm³/mol. The van der Waals surface area contributed by atoms with Crippen LogP contribution in [-0.4, -0.2) is 24.6 Å². The van der Waals surface area contributed by atoms with Crippen molar-refractivity contribution >= 4 is 22.5 Å². The van der Waals surface area contributed by atoms with Gasteiger partial charge in [-0.25, -0.2) is 9.50 Å². The van der Waals surface area contributed by atoms with Crippen LogP contribution in [0.15, 0.2) is 60.8 Å². The summed E-state index contributed by atoms with van der Waals surface area (Å²) in [6, 6.07) is 18.1. The number of aromatic amines is 1. The minimum Gasteiger partial charge on any atom is -0.369 e. The molecule has 0 aliphatic rings. The number of hydrogen-bond donors (Lipinski definition) is 2. The summed E-state index contributed by atoms with van der Waals surface area (Å²) in [7, 11) is 0. The second kappa shape index (κ2) is 5.42. The molecule has 3 N–H and O–H groups in total. The third-order valence-corrected chi connectivity index (χ3v) is 4.46. The molecule has 26 heavy (non-hydrogen) atoms. The summed E-state index contributed by atoms with van der Waals surface area (Å²) in [4.78, 5) is 12.1. The maximum atomic E-state index is 5.79. The van der Waals surface area contributed by atoms with Gasteiger partial charge >= 0.3 is 0 Å². The number of hydrogen-bond acceptors (Lipinski definition) is 4. The Kier molecular flexibility index (Phi) is 3.05. The topological polar surface area (TPSA) is 84.9 Å². The average molecular weight is 340 g/mol. The zero-order valence-electron chi connectivity index (χ0n) is 14.1. The quantitative estimate of drug-likeness (QED) is 0.511. The third-order valence-electron chi connectivity index (χ3n) is 4.46. The molecular formula is C20H16N6. The van der Waals surface area contributed by atoms with Crippen molar-refractivity contribution in [1.29, 1.82) is 0 Å². The third kappa shape index (κ3) is 2.23. The Morgan fingerprint density at radius 2 is 1.92 bits per heavy atom. The van der Waals surface area contributed by atoms with Crippen LogP contribution >= 0.6 is 0 Å². The SMILES string of the molecule is Cc1cccc(-c2nn3ccccc3c2-c2ccc3nc(N)[nH]c3c2)n1. The molecule has 0 fully saturated rings. The molecule has 5 aromatic rings. The van der Waals surface area contributed by atoms with Gasteiger partial charge in [0.05, 0.1) is 22.2 Å². The molecule has 0 atom stereocenters. The van der Waals surface area contributed by atoms with Gasteiger partial charge in [-0.05, 0) is 48.9 Å². The highest BCUT2D eigenvalue weighted by molar-refractivity contribution is 5.94. The zero-order chi connectivity index (χ0) is 17.7. The molecule has 0 spiro atoms. The van der Waals surface area contributed by atoms with Gasteiger partial charge in [0.15, 0.2) is 5.95 Å². The maximum absolute atomic E-state index is 5.79. The normalized spacial score (nSPS) is 11.4. The molecule has 6 heteroatoms. The van der Waals surface area contributed by atoms with Crippen LogP contribution in [0.4, 0.5) is 5.95 Å². The molecule has 0 radical (unpaired) electrons. The minimum atomic E-state index is 0.414. The van der Waals surface area contributed by atoms with Crippen LogP contribution in [0, 0.1) is 6.92 Å². The van der Waals surface area contributed by atoms with Crippen molar-refractivity contribution in [2.75, 3.05) is 5.73 Å². The average Bonchev–Trinajstić information content (AvgIpc) is 3.20. The van der Waals surface area contributed by atoms with E-state index in [2.05, 4.69) is 27.1 Å². The van der Waals surface area contributed by atoms with Crippen LogP contribution < -0.4 is 5.73 Å². The molecule has 0 amide bonds. The summed E-state index contributed by atoms with van der Waals surface area (Å²) >= 11 is 0. The number of imidazole rings is 1. The van der Waals surface area contributed by atoms with Crippen LogP contribution in [0.2, 0.25) is 0 Å². The lowest BCUT2D eigenvalue weighted by atomic mass is 10.0. The molecule has 4 aromatic heterocycles. The molecule has 126 valence electrons. The fourth-order valence-corrected chi connectivity index (χ4v) is 3.32. The summed E-state index contributed by atoms with van der Waals surface area (Å²) in [6.45, 7) is 1.98. The second-order valence-corrected chi connectivity index (χ2v) is 6.27. The largest absolute Gasteiger partial charge is 0.369 e. The van der Waals surface area contributed by atoms with Gasteiger partial charge in [0.25, 0.3) is 0 Å². The van der Waals surface area contributed by atoms with Gasteiger partial charge in [-0.1, -0.05) is 18.2 Å². The van der Waals surface area contributed by atoms with Crippen LogP contribution in [0.3, 0.4) is 0 Å². The predicted octanol–water partition coefficient (Wildman–Crippen LogP) is 3.83. The lowest BCUT2D eigenvalue weighted by Crippen LogP contribution is -1.89. The fourth-order valence-electron chi connectivity index (χ4n) is 3.32. The van der Waals surface area contributed by atoms with Gasteiger partial charge in [0.1, 0.15) is 5.69 Å². The maximum Gasteiger partial charge on any atom is 0.198 e. The Hall–Kier alpha value is -3.67. The minimum absolute atomic E-state index is 0.414. The number of rotatable bonds is 2. The Morgan fingerprint density at radius 1 is 1.00 bits per heavy atom. The molecule has 1 aromatic carbocycles. The van der Waals surface area contributed by atoms with Crippen molar-refractivity contribution < 1.29 is 0 Å². The summed E-state index contributed by atoms with van der Waals surface area (Å²) < 4.78 is 1.89. The Morgan fingerprint density at radius 3 is 2.81 bits per heavy atom. The second-order valence-electron chi connectivity index (χ2n) is 6.27. The van der Waals surface area contributed by atoms with Gasteiger partial charge in [-0.15, -0.1) is 0 Å². The summed E-state index contributed by atoms with van der Waals surface area (Å²) in [6.07, 6.45) is 1.95. The molecule has 5 rings (SSSR count). The van der Waals surface area contributed by atoms with Gasteiger partial charge < -0.3 is 10.7 Å². The number of aryl methyl sites for hydroxylation is 1. The molecule has 0 saturated carbocycles. The van der Waals surface area contributed by atoms with E-state index in [9.17, 15) is 0 Å². The molecule has 0 aliphatic heterocycles. The first-order chi connectivity index (χ1) is 12.7. The molecule has 4 heterocycles.